The first-order chi connectivity index (χ1) is 9.61. The molecule has 2 aliphatic rings. The Morgan fingerprint density at radius 2 is 2.15 bits per heavy atom. The molecule has 3 nitrogen and oxygen atoms in total. The van der Waals surface area contributed by atoms with E-state index in [0.717, 1.165) is 18.7 Å². The molecule has 0 aromatic heterocycles. The summed E-state index contributed by atoms with van der Waals surface area (Å²) in [5, 5.41) is 0. The molecule has 1 aromatic carbocycles. The first kappa shape index (κ1) is 13.5. The number of hydrogen-bond donors (Lipinski definition) is 0. The zero-order valence-electron chi connectivity index (χ0n) is 12.6. The maximum Gasteiger partial charge on any atom is 0.226 e. The van der Waals surface area contributed by atoms with E-state index in [9.17, 15) is 4.79 Å². The predicted molar refractivity (Wildman–Crippen MR) is 78.7 cm³/mol. The number of hydrogen-bond acceptors (Lipinski definition) is 2. The summed E-state index contributed by atoms with van der Waals surface area (Å²) in [5.41, 5.74) is 2.59. The first-order valence-electron chi connectivity index (χ1n) is 7.59. The van der Waals surface area contributed by atoms with Crippen LogP contribution < -0.4 is 4.74 Å². The van der Waals surface area contributed by atoms with Gasteiger partial charge >= 0.3 is 0 Å². The van der Waals surface area contributed by atoms with Gasteiger partial charge < -0.3 is 9.64 Å². The third-order valence-electron chi connectivity index (χ3n) is 4.89. The fourth-order valence-corrected chi connectivity index (χ4v) is 3.28. The van der Waals surface area contributed by atoms with Gasteiger partial charge in [-0.1, -0.05) is 13.0 Å². The molecule has 1 aliphatic heterocycles. The van der Waals surface area contributed by atoms with Gasteiger partial charge in [-0.3, -0.25) is 4.79 Å². The normalized spacial score (nSPS) is 23.1. The Hall–Kier alpha value is -1.51. The SMILES string of the molecule is COc1ccc2c(c1)C(C)N(C(=O)C(C)C1CC1)CC2. The van der Waals surface area contributed by atoms with Crippen molar-refractivity contribution in [2.75, 3.05) is 13.7 Å². The Labute approximate surface area is 120 Å². The molecular formula is C17H23NO2. The molecule has 2 unspecified atom stereocenters. The van der Waals surface area contributed by atoms with Gasteiger partial charge in [-0.2, -0.15) is 0 Å². The molecule has 0 N–H and O–H groups in total. The molecule has 1 aliphatic carbocycles. The maximum absolute atomic E-state index is 12.6. The Morgan fingerprint density at radius 3 is 2.80 bits per heavy atom. The average Bonchev–Trinajstić information content (AvgIpc) is 3.30. The summed E-state index contributed by atoms with van der Waals surface area (Å²) >= 11 is 0. The van der Waals surface area contributed by atoms with Crippen molar-refractivity contribution in [2.24, 2.45) is 11.8 Å². The van der Waals surface area contributed by atoms with Crippen LogP contribution in [-0.2, 0) is 11.2 Å². The molecule has 2 atom stereocenters. The smallest absolute Gasteiger partial charge is 0.226 e. The van der Waals surface area contributed by atoms with Crippen LogP contribution in [0.1, 0.15) is 43.9 Å². The quantitative estimate of drug-likeness (QED) is 0.846. The van der Waals surface area contributed by atoms with E-state index in [1.807, 2.05) is 6.07 Å². The summed E-state index contributed by atoms with van der Waals surface area (Å²) in [6.45, 7) is 5.07. The highest BCUT2D eigenvalue weighted by Crippen LogP contribution is 2.40. The second-order valence-electron chi connectivity index (χ2n) is 6.15. The van der Waals surface area contributed by atoms with Crippen LogP contribution in [0.15, 0.2) is 18.2 Å². The van der Waals surface area contributed by atoms with Crippen LogP contribution in [0.2, 0.25) is 0 Å². The molecule has 3 heteroatoms. The summed E-state index contributed by atoms with van der Waals surface area (Å²) in [7, 11) is 1.69. The van der Waals surface area contributed by atoms with Gasteiger partial charge in [0.15, 0.2) is 0 Å². The van der Waals surface area contributed by atoms with Crippen LogP contribution >= 0.6 is 0 Å². The van der Waals surface area contributed by atoms with Crippen LogP contribution in [0.5, 0.6) is 5.75 Å². The maximum atomic E-state index is 12.6. The minimum Gasteiger partial charge on any atom is -0.497 e. The van der Waals surface area contributed by atoms with E-state index in [4.69, 9.17) is 4.74 Å². The molecule has 1 saturated carbocycles. The number of ether oxygens (including phenoxy) is 1. The van der Waals surface area contributed by atoms with E-state index in [2.05, 4.69) is 30.9 Å². The monoisotopic (exact) mass is 273 g/mol. The third kappa shape index (κ3) is 2.30. The summed E-state index contributed by atoms with van der Waals surface area (Å²) < 4.78 is 5.32. The number of nitrogens with zero attached hydrogens (tertiary/aromatic N) is 1. The molecule has 1 amide bonds. The van der Waals surface area contributed by atoms with Crippen molar-refractivity contribution in [1.29, 1.82) is 0 Å². The summed E-state index contributed by atoms with van der Waals surface area (Å²) in [5.74, 6) is 2.01. The Balaban J connectivity index is 1.83. The van der Waals surface area contributed by atoms with Crippen LogP contribution in [0.4, 0.5) is 0 Å². The molecule has 108 valence electrons. The third-order valence-corrected chi connectivity index (χ3v) is 4.89. The summed E-state index contributed by atoms with van der Waals surface area (Å²) in [6, 6.07) is 6.39. The molecule has 1 heterocycles. The topological polar surface area (TPSA) is 29.5 Å². The van der Waals surface area contributed by atoms with E-state index in [1.165, 1.54) is 24.0 Å². The van der Waals surface area contributed by atoms with E-state index < -0.39 is 0 Å². The highest BCUT2D eigenvalue weighted by Gasteiger charge is 2.37. The average molecular weight is 273 g/mol. The summed E-state index contributed by atoms with van der Waals surface area (Å²) in [6.07, 6.45) is 3.39. The van der Waals surface area contributed by atoms with Crippen molar-refractivity contribution in [2.45, 2.75) is 39.2 Å². The molecular weight excluding hydrogens is 250 g/mol. The van der Waals surface area contributed by atoms with Gasteiger partial charge in [-0.05, 0) is 55.4 Å². The zero-order valence-corrected chi connectivity index (χ0v) is 12.6. The van der Waals surface area contributed by atoms with Gasteiger partial charge in [0.2, 0.25) is 5.91 Å². The second kappa shape index (κ2) is 5.12. The molecule has 0 bridgehead atoms. The number of methoxy groups -OCH3 is 1. The van der Waals surface area contributed by atoms with Gasteiger partial charge in [-0.15, -0.1) is 0 Å². The minimum absolute atomic E-state index is 0.155. The lowest BCUT2D eigenvalue weighted by Gasteiger charge is -2.37. The molecule has 3 rings (SSSR count). The Bertz CT molecular complexity index is 522. The number of benzene rings is 1. The highest BCUT2D eigenvalue weighted by molar-refractivity contribution is 5.80. The highest BCUT2D eigenvalue weighted by atomic mass is 16.5. The van der Waals surface area contributed by atoms with E-state index in [-0.39, 0.29) is 12.0 Å². The van der Waals surface area contributed by atoms with Gasteiger partial charge in [0, 0.05) is 12.5 Å². The van der Waals surface area contributed by atoms with E-state index in [1.54, 1.807) is 7.11 Å². The molecule has 1 aromatic rings. The van der Waals surface area contributed by atoms with Crippen LogP contribution in [-0.4, -0.2) is 24.5 Å². The molecule has 20 heavy (non-hydrogen) atoms. The lowest BCUT2D eigenvalue weighted by atomic mass is 9.91. The van der Waals surface area contributed by atoms with Crippen molar-refractivity contribution < 1.29 is 9.53 Å². The standard InChI is InChI=1S/C17H23NO2/c1-11(13-4-5-13)17(19)18-9-8-14-6-7-15(20-3)10-16(14)12(18)2/h6-7,10-13H,4-5,8-9H2,1-3H3. The van der Waals surface area contributed by atoms with Gasteiger partial charge in [0.05, 0.1) is 13.2 Å². The summed E-state index contributed by atoms with van der Waals surface area (Å²) in [4.78, 5) is 14.7. The van der Waals surface area contributed by atoms with Crippen molar-refractivity contribution in [3.8, 4) is 5.75 Å². The lowest BCUT2D eigenvalue weighted by Crippen LogP contribution is -2.42. The van der Waals surface area contributed by atoms with Gasteiger partial charge in [0.25, 0.3) is 0 Å². The largest absolute Gasteiger partial charge is 0.497 e. The Morgan fingerprint density at radius 1 is 1.40 bits per heavy atom. The molecule has 0 spiro atoms. The van der Waals surface area contributed by atoms with Crippen molar-refractivity contribution in [1.82, 2.24) is 4.90 Å². The lowest BCUT2D eigenvalue weighted by molar-refractivity contribution is -0.138. The zero-order chi connectivity index (χ0) is 14.3. The number of amides is 1. The van der Waals surface area contributed by atoms with Crippen LogP contribution in [0.3, 0.4) is 0 Å². The van der Waals surface area contributed by atoms with E-state index >= 15 is 0 Å². The van der Waals surface area contributed by atoms with Crippen molar-refractivity contribution in [3.05, 3.63) is 29.3 Å². The predicted octanol–water partition coefficient (Wildman–Crippen LogP) is 3.19. The fourth-order valence-electron chi connectivity index (χ4n) is 3.28. The number of fused-ring (bicyclic) bond motifs is 1. The van der Waals surface area contributed by atoms with E-state index in [0.29, 0.717) is 11.8 Å². The molecule has 0 radical (unpaired) electrons. The van der Waals surface area contributed by atoms with Gasteiger partial charge in [-0.25, -0.2) is 0 Å². The van der Waals surface area contributed by atoms with Crippen molar-refractivity contribution in [3.63, 3.8) is 0 Å². The number of carbonyl (C=O) groups is 1. The van der Waals surface area contributed by atoms with Crippen LogP contribution in [0, 0.1) is 11.8 Å². The van der Waals surface area contributed by atoms with Crippen LogP contribution in [0.25, 0.3) is 0 Å². The number of rotatable bonds is 3. The number of carbonyl (C=O) groups excluding carboxylic acids is 1. The Kier molecular flexibility index (Phi) is 3.45. The first-order valence-corrected chi connectivity index (χ1v) is 7.59. The molecule has 0 saturated heterocycles. The minimum atomic E-state index is 0.155. The van der Waals surface area contributed by atoms with Gasteiger partial charge in [0.1, 0.15) is 5.75 Å². The molecule has 1 fully saturated rings. The second-order valence-corrected chi connectivity index (χ2v) is 6.15. The van der Waals surface area contributed by atoms with Crippen molar-refractivity contribution >= 4 is 5.91 Å². The fraction of sp³-hybridized carbons (Fsp3) is 0.588.